The number of carbonyl (C=O) groups excluding carboxylic acids is 1. The Labute approximate surface area is 177 Å². The molecule has 0 fully saturated rings. The van der Waals surface area contributed by atoms with Crippen molar-refractivity contribution < 1.29 is 28.0 Å². The summed E-state index contributed by atoms with van der Waals surface area (Å²) in [5.41, 5.74) is 0.472. The molecule has 0 saturated heterocycles. The van der Waals surface area contributed by atoms with Gasteiger partial charge in [-0.05, 0) is 41.3 Å². The summed E-state index contributed by atoms with van der Waals surface area (Å²) in [6.07, 6.45) is -0.0510. The zero-order valence-corrected chi connectivity index (χ0v) is 16.9. The van der Waals surface area contributed by atoms with E-state index in [0.717, 1.165) is 5.39 Å². The van der Waals surface area contributed by atoms with E-state index in [0.29, 0.717) is 10.9 Å². The molecule has 0 spiro atoms. The number of rotatable bonds is 8. The predicted octanol–water partition coefficient (Wildman–Crippen LogP) is 2.89. The Morgan fingerprint density at radius 3 is 2.26 bits per heavy atom. The first-order chi connectivity index (χ1) is 14.7. The number of carbonyl (C=O) groups is 2. The minimum atomic E-state index is -4.27. The summed E-state index contributed by atoms with van der Waals surface area (Å²) in [7, 11) is -4.27. The predicted molar refractivity (Wildman–Crippen MR) is 112 cm³/mol. The van der Waals surface area contributed by atoms with Crippen molar-refractivity contribution in [3.8, 4) is 0 Å². The van der Waals surface area contributed by atoms with E-state index in [2.05, 4.69) is 0 Å². The first-order valence-electron chi connectivity index (χ1n) is 9.19. The fourth-order valence-electron chi connectivity index (χ4n) is 3.06. The maximum atomic E-state index is 12.6. The first-order valence-corrected chi connectivity index (χ1v) is 10.7. The number of carboxylic acid groups (broad SMARTS) is 1. The molecule has 3 rings (SSSR count). The summed E-state index contributed by atoms with van der Waals surface area (Å²) in [6.45, 7) is 0. The number of nitro benzene ring substituents is 1. The molecule has 3 aromatic rings. The van der Waals surface area contributed by atoms with Crippen molar-refractivity contribution in [2.45, 2.75) is 17.7 Å². The summed E-state index contributed by atoms with van der Waals surface area (Å²) in [5, 5.41) is 21.6. The van der Waals surface area contributed by atoms with Gasteiger partial charge in [-0.1, -0.05) is 42.5 Å². The molecule has 1 unspecified atom stereocenters. The number of amides is 1. The third-order valence-corrected chi connectivity index (χ3v) is 6.09. The minimum Gasteiger partial charge on any atom is -0.481 e. The summed E-state index contributed by atoms with van der Waals surface area (Å²) >= 11 is 0. The van der Waals surface area contributed by atoms with Crippen LogP contribution < -0.4 is 4.72 Å². The second-order valence-corrected chi connectivity index (χ2v) is 8.51. The molecule has 3 aromatic carbocycles. The quantitative estimate of drug-likeness (QED) is 0.310. The second kappa shape index (κ2) is 8.92. The van der Waals surface area contributed by atoms with Gasteiger partial charge in [0.05, 0.1) is 9.82 Å². The van der Waals surface area contributed by atoms with E-state index in [9.17, 15) is 33.2 Å². The number of aliphatic carboxylic acids is 1. The van der Waals surface area contributed by atoms with Crippen LogP contribution in [0.25, 0.3) is 10.8 Å². The molecule has 0 heterocycles. The van der Waals surface area contributed by atoms with Crippen LogP contribution in [-0.4, -0.2) is 30.3 Å². The average Bonchev–Trinajstić information content (AvgIpc) is 2.73. The first kappa shape index (κ1) is 21.9. The molecule has 9 nitrogen and oxygen atoms in total. The summed E-state index contributed by atoms with van der Waals surface area (Å²) in [4.78, 5) is 34.0. The Kier molecular flexibility index (Phi) is 6.30. The highest BCUT2D eigenvalue weighted by molar-refractivity contribution is 7.90. The molecule has 10 heteroatoms. The van der Waals surface area contributed by atoms with E-state index in [1.165, 1.54) is 36.4 Å². The Balaban J connectivity index is 1.72. The standard InChI is InChI=1S/C21H18N2O7S/c24-20(19(21(25)26)12-7-14-5-9-17(10-6-14)23(27)28)22-31(29,30)18-11-8-15-3-1-2-4-16(15)13-18/h1-6,8-11,13,19H,7,12H2,(H,22,24)(H,25,26). The highest BCUT2D eigenvalue weighted by Crippen LogP contribution is 2.20. The maximum Gasteiger partial charge on any atom is 0.316 e. The fourth-order valence-corrected chi connectivity index (χ4v) is 4.11. The van der Waals surface area contributed by atoms with Crippen LogP contribution in [0.3, 0.4) is 0 Å². The maximum absolute atomic E-state index is 12.6. The zero-order valence-electron chi connectivity index (χ0n) is 16.1. The van der Waals surface area contributed by atoms with Gasteiger partial charge in [-0.2, -0.15) is 0 Å². The number of nitrogens with zero attached hydrogens (tertiary/aromatic N) is 1. The van der Waals surface area contributed by atoms with Crippen molar-refractivity contribution in [2.75, 3.05) is 0 Å². The van der Waals surface area contributed by atoms with Gasteiger partial charge in [-0.3, -0.25) is 19.7 Å². The number of aryl methyl sites for hydroxylation is 1. The summed E-state index contributed by atoms with van der Waals surface area (Å²) in [6, 6.07) is 16.9. The smallest absolute Gasteiger partial charge is 0.316 e. The van der Waals surface area contributed by atoms with Gasteiger partial charge in [0.15, 0.2) is 0 Å². The van der Waals surface area contributed by atoms with Crippen molar-refractivity contribution in [1.82, 2.24) is 4.72 Å². The van der Waals surface area contributed by atoms with Crippen molar-refractivity contribution in [3.05, 3.63) is 82.4 Å². The lowest BCUT2D eigenvalue weighted by Crippen LogP contribution is -2.39. The van der Waals surface area contributed by atoms with Crippen LogP contribution in [0.5, 0.6) is 0 Å². The number of non-ortho nitro benzene ring substituents is 1. The average molecular weight is 442 g/mol. The molecular formula is C21H18N2O7S. The molecule has 0 radical (unpaired) electrons. The van der Waals surface area contributed by atoms with Gasteiger partial charge in [0.2, 0.25) is 5.91 Å². The lowest BCUT2D eigenvalue weighted by molar-refractivity contribution is -0.384. The van der Waals surface area contributed by atoms with Crippen LogP contribution in [0.1, 0.15) is 12.0 Å². The number of nitro groups is 1. The second-order valence-electron chi connectivity index (χ2n) is 6.83. The molecule has 0 aliphatic heterocycles. The molecule has 0 saturated carbocycles. The molecule has 31 heavy (non-hydrogen) atoms. The molecule has 2 N–H and O–H groups in total. The Morgan fingerprint density at radius 2 is 1.65 bits per heavy atom. The number of fused-ring (bicyclic) bond motifs is 1. The number of hydrogen-bond acceptors (Lipinski definition) is 6. The van der Waals surface area contributed by atoms with Gasteiger partial charge in [-0.25, -0.2) is 13.1 Å². The van der Waals surface area contributed by atoms with Gasteiger partial charge < -0.3 is 5.11 Å². The van der Waals surface area contributed by atoms with Crippen LogP contribution in [0.15, 0.2) is 71.6 Å². The summed E-state index contributed by atoms with van der Waals surface area (Å²) < 4.78 is 27.0. The SMILES string of the molecule is O=C(O)C(CCc1ccc([N+](=O)[O-])cc1)C(=O)NS(=O)(=O)c1ccc2ccccc2c1. The third kappa shape index (κ3) is 5.23. The van der Waals surface area contributed by atoms with Gasteiger partial charge in [0, 0.05) is 12.1 Å². The molecular weight excluding hydrogens is 424 g/mol. The largest absolute Gasteiger partial charge is 0.481 e. The highest BCUT2D eigenvalue weighted by Gasteiger charge is 2.30. The third-order valence-electron chi connectivity index (χ3n) is 4.75. The van der Waals surface area contributed by atoms with E-state index >= 15 is 0 Å². The summed E-state index contributed by atoms with van der Waals surface area (Å²) in [5.74, 6) is -4.22. The lowest BCUT2D eigenvalue weighted by atomic mass is 9.99. The van der Waals surface area contributed by atoms with Crippen molar-refractivity contribution in [1.29, 1.82) is 0 Å². The van der Waals surface area contributed by atoms with Gasteiger partial charge >= 0.3 is 5.97 Å². The van der Waals surface area contributed by atoms with Crippen LogP contribution in [0, 0.1) is 16.0 Å². The minimum absolute atomic E-state index is 0.113. The van der Waals surface area contributed by atoms with Gasteiger partial charge in [-0.15, -0.1) is 0 Å². The van der Waals surface area contributed by atoms with Gasteiger partial charge in [0.1, 0.15) is 5.92 Å². The topological polar surface area (TPSA) is 144 Å². The van der Waals surface area contributed by atoms with E-state index < -0.39 is 32.7 Å². The molecule has 0 aliphatic rings. The molecule has 0 bridgehead atoms. The Hall–Kier alpha value is -3.79. The molecule has 1 amide bonds. The van der Waals surface area contributed by atoms with E-state index in [4.69, 9.17) is 0 Å². The Morgan fingerprint density at radius 1 is 1.00 bits per heavy atom. The van der Waals surface area contributed by atoms with Gasteiger partial charge in [0.25, 0.3) is 15.7 Å². The van der Waals surface area contributed by atoms with E-state index in [1.807, 2.05) is 10.8 Å². The fraction of sp³-hybridized carbons (Fsp3) is 0.143. The molecule has 0 aliphatic carbocycles. The highest BCUT2D eigenvalue weighted by atomic mass is 32.2. The lowest BCUT2D eigenvalue weighted by Gasteiger charge is -2.13. The number of carboxylic acids is 1. The monoisotopic (exact) mass is 442 g/mol. The number of sulfonamides is 1. The molecule has 0 aromatic heterocycles. The van der Waals surface area contributed by atoms with Crippen LogP contribution in [0.2, 0.25) is 0 Å². The van der Waals surface area contributed by atoms with Crippen LogP contribution in [0.4, 0.5) is 5.69 Å². The normalized spacial score (nSPS) is 12.3. The molecule has 1 atom stereocenters. The van der Waals surface area contributed by atoms with E-state index in [-0.39, 0.29) is 23.4 Å². The van der Waals surface area contributed by atoms with E-state index in [1.54, 1.807) is 24.3 Å². The number of benzene rings is 3. The van der Waals surface area contributed by atoms with Crippen molar-refractivity contribution in [3.63, 3.8) is 0 Å². The van der Waals surface area contributed by atoms with Crippen LogP contribution in [-0.2, 0) is 26.0 Å². The van der Waals surface area contributed by atoms with Crippen LogP contribution >= 0.6 is 0 Å². The molecule has 160 valence electrons. The number of hydrogen-bond donors (Lipinski definition) is 2. The zero-order chi connectivity index (χ0) is 22.6. The van der Waals surface area contributed by atoms with Crippen molar-refractivity contribution >= 4 is 38.4 Å². The van der Waals surface area contributed by atoms with Crippen molar-refractivity contribution in [2.24, 2.45) is 5.92 Å². The number of nitrogens with one attached hydrogen (secondary N) is 1. The Bertz CT molecular complexity index is 1250.